The number of primary sulfonamides is 1. The molecule has 2 atom stereocenters. The van der Waals surface area contributed by atoms with Crippen LogP contribution in [0.25, 0.3) is 0 Å². The Morgan fingerprint density at radius 2 is 1.47 bits per heavy atom. The minimum absolute atomic E-state index is 0.220. The van der Waals surface area contributed by atoms with Gasteiger partial charge in [0.15, 0.2) is 0 Å². The van der Waals surface area contributed by atoms with E-state index >= 15 is 0 Å². The molecule has 0 heterocycles. The van der Waals surface area contributed by atoms with Gasteiger partial charge in [-0.3, -0.25) is 0 Å². The summed E-state index contributed by atoms with van der Waals surface area (Å²) in [5.41, 5.74) is 0. The summed E-state index contributed by atoms with van der Waals surface area (Å²) in [6.07, 6.45) is 2.82. The molecule has 2 N–H and O–H groups in total. The summed E-state index contributed by atoms with van der Waals surface area (Å²) in [5, 5.41) is 4.87. The van der Waals surface area contributed by atoms with Crippen molar-refractivity contribution >= 4 is 20.3 Å². The second-order valence-electron chi connectivity index (χ2n) is 8.51. The van der Waals surface area contributed by atoms with Gasteiger partial charge in [-0.2, -0.15) is 0 Å². The molecule has 0 bridgehead atoms. The fraction of sp³-hybridized carbons (Fsp3) is 0.417. The highest BCUT2D eigenvalue weighted by molar-refractivity contribution is 8.31. The Kier molecular flexibility index (Phi) is 8.34. The van der Waals surface area contributed by atoms with Crippen molar-refractivity contribution in [1.82, 2.24) is 0 Å². The molecular weight excluding hydrogens is 414 g/mol. The highest BCUT2D eigenvalue weighted by Gasteiger charge is 2.43. The van der Waals surface area contributed by atoms with E-state index in [0.717, 1.165) is 9.79 Å². The molecule has 166 valence electrons. The first-order valence-corrected chi connectivity index (χ1v) is 13.4. The van der Waals surface area contributed by atoms with E-state index in [0.29, 0.717) is 19.3 Å². The average Bonchev–Trinajstić information content (AvgIpc) is 2.69. The van der Waals surface area contributed by atoms with Crippen LogP contribution < -0.4 is 5.14 Å². The van der Waals surface area contributed by atoms with Crippen LogP contribution in [-0.4, -0.2) is 24.5 Å². The number of benzene rings is 2. The monoisotopic (exact) mass is 449 g/mol. The number of hydrogen-bond acceptors (Lipinski definition) is 3. The smallest absolute Gasteiger partial charge is 0.212 e. The molecule has 0 spiro atoms. The fourth-order valence-corrected chi connectivity index (χ4v) is 8.55. The molecule has 6 heteroatoms. The molecule has 0 saturated carbocycles. The lowest BCUT2D eigenvalue weighted by atomic mass is 10.1. The second-order valence-corrected chi connectivity index (χ2v) is 13.8. The quantitative estimate of drug-likeness (QED) is 0.449. The summed E-state index contributed by atoms with van der Waals surface area (Å²) in [5.74, 6) is 0. The van der Waals surface area contributed by atoms with Gasteiger partial charge in [-0.25, -0.2) is 13.6 Å². The van der Waals surface area contributed by atoms with Crippen LogP contribution in [0, 0.1) is 0 Å². The number of allylic oxidation sites excluding steroid dienone is 1. The summed E-state index contributed by atoms with van der Waals surface area (Å²) < 4.78 is 31.0. The maximum absolute atomic E-state index is 12.2. The summed E-state index contributed by atoms with van der Waals surface area (Å²) in [6.45, 7) is 12.2. The lowest BCUT2D eigenvalue weighted by Gasteiger charge is -2.51. The molecule has 0 aliphatic carbocycles. The largest absolute Gasteiger partial charge is 0.325 e. The van der Waals surface area contributed by atoms with Gasteiger partial charge in [0.1, 0.15) is 0 Å². The molecule has 30 heavy (non-hydrogen) atoms. The van der Waals surface area contributed by atoms with E-state index < -0.39 is 25.6 Å². The third-order valence-corrected chi connectivity index (χ3v) is 10.6. The zero-order valence-electron chi connectivity index (χ0n) is 18.5. The molecule has 4 nitrogen and oxygen atoms in total. The number of hydrogen-bond donors (Lipinski definition) is 1. The zero-order chi connectivity index (χ0) is 22.4. The van der Waals surface area contributed by atoms with Crippen LogP contribution in [0.4, 0.5) is 0 Å². The first kappa shape index (κ1) is 24.7. The first-order valence-electron chi connectivity index (χ1n) is 10.3. The third kappa shape index (κ3) is 5.76. The minimum Gasteiger partial charge on any atom is -0.325 e. The molecule has 0 saturated heterocycles. The van der Waals surface area contributed by atoms with Crippen LogP contribution in [0.3, 0.4) is 0 Å². The Balaban J connectivity index is 2.51. The van der Waals surface area contributed by atoms with E-state index in [-0.39, 0.29) is 10.9 Å². The van der Waals surface area contributed by atoms with E-state index in [1.54, 1.807) is 6.08 Å². The predicted molar refractivity (Wildman–Crippen MR) is 128 cm³/mol. The molecule has 0 amide bonds. The van der Waals surface area contributed by atoms with Crippen LogP contribution in [0.15, 0.2) is 83.1 Å². The second kappa shape index (κ2) is 10.1. The SMILES string of the molecule is C=CCC[C@H](C[C@@H](C)OS(c1ccccc1)(c1ccccc1)C(C)(C)C)S(N)(=O)=O. The molecule has 0 unspecified atom stereocenters. The highest BCUT2D eigenvalue weighted by Crippen LogP contribution is 2.71. The van der Waals surface area contributed by atoms with Crippen molar-refractivity contribution in [2.45, 2.75) is 72.8 Å². The Morgan fingerprint density at radius 3 is 1.83 bits per heavy atom. The lowest BCUT2D eigenvalue weighted by molar-refractivity contribution is 0.227. The summed E-state index contributed by atoms with van der Waals surface area (Å²) in [6, 6.07) is 20.5. The van der Waals surface area contributed by atoms with Crippen LogP contribution in [0.5, 0.6) is 0 Å². The minimum atomic E-state index is -3.67. The normalized spacial score (nSPS) is 15.4. The Bertz CT molecular complexity index is 867. The lowest BCUT2D eigenvalue weighted by Crippen LogP contribution is -2.35. The van der Waals surface area contributed by atoms with Crippen molar-refractivity contribution in [3.8, 4) is 0 Å². The number of rotatable bonds is 10. The van der Waals surface area contributed by atoms with Gasteiger partial charge in [-0.05, 0) is 71.2 Å². The molecule has 2 aromatic carbocycles. The molecule has 0 radical (unpaired) electrons. The first-order chi connectivity index (χ1) is 14.0. The maximum atomic E-state index is 12.2. The van der Waals surface area contributed by atoms with Crippen molar-refractivity contribution in [2.75, 3.05) is 0 Å². The van der Waals surface area contributed by atoms with Crippen molar-refractivity contribution in [2.24, 2.45) is 5.14 Å². The van der Waals surface area contributed by atoms with Gasteiger partial charge in [-0.15, -0.1) is 6.58 Å². The van der Waals surface area contributed by atoms with E-state index in [9.17, 15) is 8.42 Å². The molecule has 0 fully saturated rings. The third-order valence-electron chi connectivity index (χ3n) is 5.07. The van der Waals surface area contributed by atoms with E-state index in [4.69, 9.17) is 9.32 Å². The van der Waals surface area contributed by atoms with Gasteiger partial charge in [0.2, 0.25) is 10.0 Å². The Hall–Kier alpha value is -1.60. The number of nitrogens with two attached hydrogens (primary N) is 1. The molecular formula is C24H35NO3S2. The topological polar surface area (TPSA) is 69.4 Å². The summed E-state index contributed by atoms with van der Waals surface area (Å²) >= 11 is 0. The van der Waals surface area contributed by atoms with Crippen molar-refractivity contribution in [3.63, 3.8) is 0 Å². The van der Waals surface area contributed by atoms with E-state index in [2.05, 4.69) is 51.6 Å². The predicted octanol–water partition coefficient (Wildman–Crippen LogP) is 6.04. The Labute approximate surface area is 184 Å². The van der Waals surface area contributed by atoms with Crippen molar-refractivity contribution in [1.29, 1.82) is 0 Å². The summed E-state index contributed by atoms with van der Waals surface area (Å²) in [7, 11) is -5.61. The van der Waals surface area contributed by atoms with Gasteiger partial charge >= 0.3 is 0 Å². The van der Waals surface area contributed by atoms with Gasteiger partial charge in [-0.1, -0.05) is 52.8 Å². The van der Waals surface area contributed by atoms with Crippen LogP contribution >= 0.6 is 10.3 Å². The van der Waals surface area contributed by atoms with Gasteiger partial charge in [0.25, 0.3) is 0 Å². The van der Waals surface area contributed by atoms with Gasteiger partial charge in [0.05, 0.1) is 11.4 Å². The molecule has 2 aromatic rings. The highest BCUT2D eigenvalue weighted by atomic mass is 32.3. The Morgan fingerprint density at radius 1 is 1.00 bits per heavy atom. The van der Waals surface area contributed by atoms with Crippen LogP contribution in [-0.2, 0) is 14.2 Å². The zero-order valence-corrected chi connectivity index (χ0v) is 20.1. The fourth-order valence-electron chi connectivity index (χ4n) is 3.70. The summed E-state index contributed by atoms with van der Waals surface area (Å²) in [4.78, 5) is 2.24. The van der Waals surface area contributed by atoms with E-state index in [1.807, 2.05) is 43.3 Å². The van der Waals surface area contributed by atoms with Gasteiger partial charge in [0, 0.05) is 14.5 Å². The average molecular weight is 450 g/mol. The van der Waals surface area contributed by atoms with Crippen LogP contribution in [0.1, 0.15) is 47.0 Å². The molecule has 0 aliphatic rings. The molecule has 0 aliphatic heterocycles. The van der Waals surface area contributed by atoms with Crippen LogP contribution in [0.2, 0.25) is 0 Å². The van der Waals surface area contributed by atoms with Crippen molar-refractivity contribution < 1.29 is 12.6 Å². The number of sulfonamides is 1. The standard InChI is InChI=1S/C24H35NO3S2/c1-6-7-14-23(30(25,26)27)19-20(2)28-29(24(3,4)5,21-15-10-8-11-16-21)22-17-12-9-13-18-22/h6,8-13,15-18,20,23H,1,7,14,19H2,2-5H3,(H2,25,26,27)/t20-,23-/m1/s1. The molecule has 0 aromatic heterocycles. The van der Waals surface area contributed by atoms with Crippen molar-refractivity contribution in [3.05, 3.63) is 73.3 Å². The van der Waals surface area contributed by atoms with Gasteiger partial charge < -0.3 is 4.18 Å². The maximum Gasteiger partial charge on any atom is 0.212 e. The molecule has 2 rings (SSSR count). The van der Waals surface area contributed by atoms with E-state index in [1.165, 1.54) is 0 Å².